The second kappa shape index (κ2) is 10.7. The van der Waals surface area contributed by atoms with Gasteiger partial charge in [-0.25, -0.2) is 0 Å². The van der Waals surface area contributed by atoms with E-state index in [-0.39, 0.29) is 0 Å². The Morgan fingerprint density at radius 3 is 1.55 bits per heavy atom. The highest BCUT2D eigenvalue weighted by atomic mass is 15.0. The summed E-state index contributed by atoms with van der Waals surface area (Å²) in [6.45, 7) is 0. The SMILES string of the molecule is c1ccc(-n2c3ccccc3c3c2ccc2c4cc(C5(c6ccccc6)c6ccccc6-c6ccccc65)ccc4n(-c4ccccc4)c23)cc1. The summed E-state index contributed by atoms with van der Waals surface area (Å²) in [5.41, 5.74) is 14.5. The van der Waals surface area contributed by atoms with Crippen LogP contribution in [-0.2, 0) is 5.41 Å². The number of rotatable bonds is 4. The van der Waals surface area contributed by atoms with Gasteiger partial charge in [-0.2, -0.15) is 0 Å². The van der Waals surface area contributed by atoms with E-state index >= 15 is 0 Å². The van der Waals surface area contributed by atoms with Crippen molar-refractivity contribution in [3.63, 3.8) is 0 Å². The zero-order valence-electron chi connectivity index (χ0n) is 27.9. The van der Waals surface area contributed by atoms with Gasteiger partial charge in [0, 0.05) is 32.9 Å². The molecule has 2 heterocycles. The number of para-hydroxylation sites is 3. The van der Waals surface area contributed by atoms with E-state index in [4.69, 9.17) is 0 Å². The molecule has 238 valence electrons. The molecule has 1 aliphatic rings. The third kappa shape index (κ3) is 3.76. The molecule has 8 aromatic carbocycles. The molecule has 2 aromatic heterocycles. The highest BCUT2D eigenvalue weighted by Gasteiger charge is 2.46. The van der Waals surface area contributed by atoms with Crippen molar-refractivity contribution in [1.82, 2.24) is 9.13 Å². The number of benzene rings is 8. The van der Waals surface area contributed by atoms with E-state index in [0.717, 1.165) is 11.4 Å². The summed E-state index contributed by atoms with van der Waals surface area (Å²) >= 11 is 0. The van der Waals surface area contributed by atoms with Crippen LogP contribution < -0.4 is 0 Å². The smallest absolute Gasteiger partial charge is 0.0713 e. The Balaban J connectivity index is 1.30. The van der Waals surface area contributed by atoms with Crippen LogP contribution in [0.2, 0.25) is 0 Å². The molecule has 51 heavy (non-hydrogen) atoms. The normalized spacial score (nSPS) is 13.3. The number of aromatic nitrogens is 2. The maximum Gasteiger partial charge on any atom is 0.0713 e. The van der Waals surface area contributed by atoms with Gasteiger partial charge in [0.25, 0.3) is 0 Å². The number of nitrogens with zero attached hydrogens (tertiary/aromatic N) is 2. The molecular weight excluding hydrogens is 617 g/mol. The van der Waals surface area contributed by atoms with Crippen LogP contribution in [0.25, 0.3) is 66.1 Å². The minimum absolute atomic E-state index is 0.461. The lowest BCUT2D eigenvalue weighted by Crippen LogP contribution is -2.28. The van der Waals surface area contributed by atoms with Crippen molar-refractivity contribution in [2.24, 2.45) is 0 Å². The van der Waals surface area contributed by atoms with Crippen molar-refractivity contribution in [1.29, 1.82) is 0 Å². The molecule has 2 nitrogen and oxygen atoms in total. The molecule has 1 aliphatic carbocycles. The molecule has 0 aliphatic heterocycles. The summed E-state index contributed by atoms with van der Waals surface area (Å²) in [7, 11) is 0. The average Bonchev–Trinajstić information content (AvgIpc) is 3.83. The van der Waals surface area contributed by atoms with Crippen molar-refractivity contribution in [3.8, 4) is 22.5 Å². The van der Waals surface area contributed by atoms with Gasteiger partial charge in [0.15, 0.2) is 0 Å². The monoisotopic (exact) mass is 648 g/mol. The van der Waals surface area contributed by atoms with E-state index < -0.39 is 5.41 Å². The Labute approximate surface area is 296 Å². The molecule has 2 heteroatoms. The summed E-state index contributed by atoms with van der Waals surface area (Å²) in [6, 6.07) is 71.5. The highest BCUT2D eigenvalue weighted by molar-refractivity contribution is 6.26. The van der Waals surface area contributed by atoms with Crippen LogP contribution in [0.5, 0.6) is 0 Å². The number of fused-ring (bicyclic) bond motifs is 10. The summed E-state index contributed by atoms with van der Waals surface area (Å²) in [4.78, 5) is 0. The van der Waals surface area contributed by atoms with Crippen molar-refractivity contribution in [2.45, 2.75) is 5.41 Å². The predicted octanol–water partition coefficient (Wildman–Crippen LogP) is 12.2. The van der Waals surface area contributed by atoms with E-state index in [1.165, 1.54) is 77.0 Å². The Kier molecular flexibility index (Phi) is 5.91. The van der Waals surface area contributed by atoms with Gasteiger partial charge in [-0.3, -0.25) is 0 Å². The Bertz CT molecular complexity index is 2900. The lowest BCUT2D eigenvalue weighted by molar-refractivity contribution is 0.770. The molecule has 0 saturated heterocycles. The maximum atomic E-state index is 2.49. The zero-order valence-corrected chi connectivity index (χ0v) is 27.9. The Morgan fingerprint density at radius 1 is 0.333 bits per heavy atom. The maximum absolute atomic E-state index is 2.49. The molecular formula is C49H32N2. The van der Waals surface area contributed by atoms with Gasteiger partial charge in [0.1, 0.15) is 0 Å². The molecule has 0 radical (unpaired) electrons. The van der Waals surface area contributed by atoms with E-state index in [1.807, 2.05) is 0 Å². The third-order valence-electron chi connectivity index (χ3n) is 11.2. The lowest BCUT2D eigenvalue weighted by Gasteiger charge is -2.34. The van der Waals surface area contributed by atoms with Crippen molar-refractivity contribution in [3.05, 3.63) is 216 Å². The van der Waals surface area contributed by atoms with Crippen LogP contribution in [0.1, 0.15) is 22.3 Å². The molecule has 0 amide bonds. The zero-order chi connectivity index (χ0) is 33.5. The van der Waals surface area contributed by atoms with Crippen LogP contribution in [0, 0.1) is 0 Å². The van der Waals surface area contributed by atoms with E-state index in [2.05, 4.69) is 203 Å². The van der Waals surface area contributed by atoms with Gasteiger partial charge in [-0.1, -0.05) is 146 Å². The van der Waals surface area contributed by atoms with Crippen LogP contribution >= 0.6 is 0 Å². The standard InChI is InChI=1S/C49H32N2/c1-4-16-33(17-5-1)49(42-25-13-10-22-37(42)38-23-11-14-26-43(38)49)34-28-30-45-41(32-34)39-29-31-46-47(48(39)51(45)36-20-8-3-9-21-36)40-24-12-15-27-44(40)50(46)35-18-6-2-7-19-35/h1-32H. The quantitative estimate of drug-likeness (QED) is 0.180. The molecule has 0 atom stereocenters. The topological polar surface area (TPSA) is 9.86 Å². The van der Waals surface area contributed by atoms with Gasteiger partial charge >= 0.3 is 0 Å². The van der Waals surface area contributed by atoms with Gasteiger partial charge in [-0.05, 0) is 81.9 Å². The van der Waals surface area contributed by atoms with E-state index in [9.17, 15) is 0 Å². The van der Waals surface area contributed by atoms with Crippen molar-refractivity contribution in [2.75, 3.05) is 0 Å². The fourth-order valence-corrected chi connectivity index (χ4v) is 9.20. The number of hydrogen-bond acceptors (Lipinski definition) is 0. The average molecular weight is 649 g/mol. The first-order valence-electron chi connectivity index (χ1n) is 17.7. The van der Waals surface area contributed by atoms with Crippen molar-refractivity contribution >= 4 is 43.6 Å². The van der Waals surface area contributed by atoms with Crippen molar-refractivity contribution < 1.29 is 0 Å². The molecule has 0 bridgehead atoms. The molecule has 0 saturated carbocycles. The van der Waals surface area contributed by atoms with Crippen LogP contribution in [-0.4, -0.2) is 9.13 Å². The third-order valence-corrected chi connectivity index (χ3v) is 11.2. The molecule has 0 fully saturated rings. The van der Waals surface area contributed by atoms with Crippen LogP contribution in [0.4, 0.5) is 0 Å². The largest absolute Gasteiger partial charge is 0.309 e. The minimum Gasteiger partial charge on any atom is -0.309 e. The summed E-state index contributed by atoms with van der Waals surface area (Å²) < 4.78 is 4.91. The second-order valence-corrected chi connectivity index (χ2v) is 13.7. The summed E-state index contributed by atoms with van der Waals surface area (Å²) in [5, 5.41) is 5.02. The van der Waals surface area contributed by atoms with Gasteiger partial charge < -0.3 is 9.13 Å². The van der Waals surface area contributed by atoms with Gasteiger partial charge in [-0.15, -0.1) is 0 Å². The van der Waals surface area contributed by atoms with E-state index in [0.29, 0.717) is 0 Å². The predicted molar refractivity (Wildman–Crippen MR) is 212 cm³/mol. The molecule has 0 unspecified atom stereocenters. The highest BCUT2D eigenvalue weighted by Crippen LogP contribution is 2.56. The fourth-order valence-electron chi connectivity index (χ4n) is 9.20. The molecule has 11 rings (SSSR count). The fraction of sp³-hybridized carbons (Fsp3) is 0.0204. The Morgan fingerprint density at radius 2 is 0.863 bits per heavy atom. The van der Waals surface area contributed by atoms with E-state index in [1.54, 1.807) is 0 Å². The summed E-state index contributed by atoms with van der Waals surface area (Å²) in [5.74, 6) is 0. The first-order valence-corrected chi connectivity index (χ1v) is 17.7. The molecule has 0 N–H and O–H groups in total. The lowest BCUT2D eigenvalue weighted by atomic mass is 9.67. The number of hydrogen-bond donors (Lipinski definition) is 0. The van der Waals surface area contributed by atoms with Crippen LogP contribution in [0.15, 0.2) is 194 Å². The first kappa shape index (κ1) is 28.2. The Hall–Kier alpha value is -6.64. The van der Waals surface area contributed by atoms with Crippen LogP contribution in [0.3, 0.4) is 0 Å². The molecule has 10 aromatic rings. The first-order chi connectivity index (χ1) is 25.3. The minimum atomic E-state index is -0.461. The second-order valence-electron chi connectivity index (χ2n) is 13.7. The summed E-state index contributed by atoms with van der Waals surface area (Å²) in [6.07, 6.45) is 0. The molecule has 0 spiro atoms. The van der Waals surface area contributed by atoms with Gasteiger partial charge in [0.2, 0.25) is 0 Å². The van der Waals surface area contributed by atoms with Gasteiger partial charge in [0.05, 0.1) is 27.5 Å².